The molecule has 1 amide bonds. The van der Waals surface area contributed by atoms with Gasteiger partial charge in [0.2, 0.25) is 5.91 Å². The van der Waals surface area contributed by atoms with Crippen molar-refractivity contribution in [3.63, 3.8) is 0 Å². The summed E-state index contributed by atoms with van der Waals surface area (Å²) >= 11 is 13.3. The lowest BCUT2D eigenvalue weighted by Gasteiger charge is -2.24. The van der Waals surface area contributed by atoms with Gasteiger partial charge in [-0.3, -0.25) is 4.79 Å². The first-order valence-electron chi connectivity index (χ1n) is 8.56. The number of ether oxygens (including phenoxy) is 1. The van der Waals surface area contributed by atoms with E-state index >= 15 is 0 Å². The monoisotopic (exact) mass is 427 g/mol. The molecule has 3 rings (SSSR count). The van der Waals surface area contributed by atoms with Crippen molar-refractivity contribution in [2.24, 2.45) is 0 Å². The normalized spacial score (nSPS) is 16.9. The highest BCUT2D eigenvalue weighted by Gasteiger charge is 2.30. The van der Waals surface area contributed by atoms with Crippen molar-refractivity contribution in [2.45, 2.75) is 31.9 Å². The number of aromatic carboxylic acids is 1. The van der Waals surface area contributed by atoms with Gasteiger partial charge in [0.25, 0.3) is 0 Å². The van der Waals surface area contributed by atoms with Crippen LogP contribution >= 0.6 is 34.5 Å². The molecule has 5 nitrogen and oxygen atoms in total. The minimum absolute atomic E-state index is 0.0334. The lowest BCUT2D eigenvalue weighted by Crippen LogP contribution is -2.37. The average molecular weight is 428 g/mol. The summed E-state index contributed by atoms with van der Waals surface area (Å²) in [4.78, 5) is 26.1. The highest BCUT2D eigenvalue weighted by Crippen LogP contribution is 2.23. The van der Waals surface area contributed by atoms with E-state index in [0.717, 1.165) is 16.9 Å². The Bertz CT molecular complexity index is 819. The Balaban J connectivity index is 1.51. The van der Waals surface area contributed by atoms with Crippen LogP contribution in [-0.4, -0.2) is 41.1 Å². The Morgan fingerprint density at radius 2 is 2.00 bits per heavy atom. The number of carboxylic acid groups (broad SMARTS) is 1. The van der Waals surface area contributed by atoms with Gasteiger partial charge in [-0.15, -0.1) is 11.3 Å². The van der Waals surface area contributed by atoms with E-state index in [4.69, 9.17) is 33.0 Å². The molecule has 0 spiro atoms. The van der Waals surface area contributed by atoms with E-state index in [1.807, 2.05) is 17.0 Å². The maximum absolute atomic E-state index is 12.2. The van der Waals surface area contributed by atoms with Gasteiger partial charge in [-0.1, -0.05) is 23.2 Å². The number of carbonyl (C=O) groups is 2. The van der Waals surface area contributed by atoms with Gasteiger partial charge in [-0.05, 0) is 48.7 Å². The predicted octanol–water partition coefficient (Wildman–Crippen LogP) is 4.50. The van der Waals surface area contributed by atoms with E-state index in [0.29, 0.717) is 47.5 Å². The summed E-state index contributed by atoms with van der Waals surface area (Å²) in [5, 5.41) is 10.1. The van der Waals surface area contributed by atoms with Gasteiger partial charge in [-0.2, -0.15) is 0 Å². The second-order valence-electron chi connectivity index (χ2n) is 6.39. The lowest BCUT2D eigenvalue weighted by molar-refractivity contribution is -0.129. The second kappa shape index (κ2) is 9.06. The number of carbonyl (C=O) groups excluding carboxylic acids is 1. The first-order chi connectivity index (χ1) is 12.9. The van der Waals surface area contributed by atoms with Gasteiger partial charge in [0.1, 0.15) is 4.88 Å². The number of rotatable bonds is 8. The van der Waals surface area contributed by atoms with E-state index in [1.165, 1.54) is 11.3 Å². The highest BCUT2D eigenvalue weighted by molar-refractivity contribution is 7.13. The molecular weight excluding hydrogens is 409 g/mol. The van der Waals surface area contributed by atoms with E-state index in [-0.39, 0.29) is 11.9 Å². The first kappa shape index (κ1) is 20.1. The number of likely N-dealkylation sites (tertiary alicyclic amines) is 1. The molecular formula is C19H19Cl2NO4S. The molecule has 2 heterocycles. The molecule has 1 aromatic carbocycles. The van der Waals surface area contributed by atoms with Crippen LogP contribution in [0.15, 0.2) is 30.3 Å². The van der Waals surface area contributed by atoms with Crippen LogP contribution in [0.2, 0.25) is 10.0 Å². The zero-order valence-electron chi connectivity index (χ0n) is 14.5. The van der Waals surface area contributed by atoms with E-state index in [9.17, 15) is 9.59 Å². The van der Waals surface area contributed by atoms with Crippen molar-refractivity contribution in [3.8, 4) is 0 Å². The molecule has 27 heavy (non-hydrogen) atoms. The van der Waals surface area contributed by atoms with E-state index in [1.54, 1.807) is 18.2 Å². The standard InChI is InChI=1S/C19H19Cl2NO4S/c20-13-7-12(8-14(21)9-13)5-6-22-15(1-4-18(22)23)10-26-11-16-2-3-17(27-16)19(24)25/h2-3,7-9,15H,1,4-6,10-11H2,(H,24,25). The fourth-order valence-corrected chi connectivity index (χ4v) is 4.50. The van der Waals surface area contributed by atoms with Crippen LogP contribution in [0.25, 0.3) is 0 Å². The number of nitrogens with zero attached hydrogens (tertiary/aromatic N) is 1. The van der Waals surface area contributed by atoms with Gasteiger partial charge in [0.15, 0.2) is 0 Å². The van der Waals surface area contributed by atoms with Gasteiger partial charge in [-0.25, -0.2) is 4.79 Å². The summed E-state index contributed by atoms with van der Waals surface area (Å²) in [6.45, 7) is 1.37. The van der Waals surface area contributed by atoms with Gasteiger partial charge in [0, 0.05) is 27.9 Å². The Morgan fingerprint density at radius 3 is 2.67 bits per heavy atom. The topological polar surface area (TPSA) is 66.8 Å². The number of carboxylic acids is 1. The zero-order chi connectivity index (χ0) is 19.4. The molecule has 144 valence electrons. The molecule has 0 bridgehead atoms. The Morgan fingerprint density at radius 1 is 1.26 bits per heavy atom. The smallest absolute Gasteiger partial charge is 0.345 e. The molecule has 2 aromatic rings. The summed E-state index contributed by atoms with van der Waals surface area (Å²) in [7, 11) is 0. The molecule has 1 N–H and O–H groups in total. The summed E-state index contributed by atoms with van der Waals surface area (Å²) in [5.41, 5.74) is 0.992. The molecule has 1 aliphatic heterocycles. The quantitative estimate of drug-likeness (QED) is 0.672. The van der Waals surface area contributed by atoms with Crippen molar-refractivity contribution in [3.05, 3.63) is 55.7 Å². The molecule has 0 radical (unpaired) electrons. The SMILES string of the molecule is O=C(O)c1ccc(COCC2CCC(=O)N2CCc2cc(Cl)cc(Cl)c2)s1. The highest BCUT2D eigenvalue weighted by atomic mass is 35.5. The van der Waals surface area contributed by atoms with Crippen LogP contribution in [0.5, 0.6) is 0 Å². The number of hydrogen-bond acceptors (Lipinski definition) is 4. The molecule has 8 heteroatoms. The molecule has 1 aliphatic rings. The molecule has 1 atom stereocenters. The Kier molecular flexibility index (Phi) is 6.76. The zero-order valence-corrected chi connectivity index (χ0v) is 16.8. The van der Waals surface area contributed by atoms with Crippen molar-refractivity contribution in [1.29, 1.82) is 0 Å². The maximum atomic E-state index is 12.2. The second-order valence-corrected chi connectivity index (χ2v) is 8.43. The first-order valence-corrected chi connectivity index (χ1v) is 10.1. The number of amides is 1. The number of thiophene rings is 1. The predicted molar refractivity (Wildman–Crippen MR) is 106 cm³/mol. The molecule has 0 saturated carbocycles. The molecule has 1 saturated heterocycles. The maximum Gasteiger partial charge on any atom is 0.345 e. The van der Waals surface area contributed by atoms with Crippen molar-refractivity contribution < 1.29 is 19.4 Å². The van der Waals surface area contributed by atoms with Crippen molar-refractivity contribution in [2.75, 3.05) is 13.2 Å². The van der Waals surface area contributed by atoms with Crippen molar-refractivity contribution in [1.82, 2.24) is 4.90 Å². The minimum atomic E-state index is -0.931. The third-order valence-corrected chi connectivity index (χ3v) is 5.93. The summed E-state index contributed by atoms with van der Waals surface area (Å²) in [5.74, 6) is -0.805. The molecule has 1 fully saturated rings. The Hall–Kier alpha value is -1.60. The van der Waals surface area contributed by atoms with Crippen LogP contribution in [-0.2, 0) is 22.6 Å². The van der Waals surface area contributed by atoms with Crippen LogP contribution in [0.4, 0.5) is 0 Å². The van der Waals surface area contributed by atoms with Gasteiger partial charge >= 0.3 is 5.97 Å². The molecule has 1 aromatic heterocycles. The average Bonchev–Trinajstić information content (AvgIpc) is 3.20. The van der Waals surface area contributed by atoms with Gasteiger partial charge in [0.05, 0.1) is 19.3 Å². The van der Waals surface area contributed by atoms with Crippen molar-refractivity contribution >= 4 is 46.4 Å². The third-order valence-electron chi connectivity index (χ3n) is 4.44. The molecule has 1 unspecified atom stereocenters. The van der Waals surface area contributed by atoms with Gasteiger partial charge < -0.3 is 14.7 Å². The number of benzene rings is 1. The van der Waals surface area contributed by atoms with E-state index in [2.05, 4.69) is 0 Å². The van der Waals surface area contributed by atoms with Crippen LogP contribution in [0.3, 0.4) is 0 Å². The van der Waals surface area contributed by atoms with Crippen LogP contribution < -0.4 is 0 Å². The molecule has 0 aliphatic carbocycles. The fourth-order valence-electron chi connectivity index (χ4n) is 3.14. The Labute approximate surface area is 171 Å². The third kappa shape index (κ3) is 5.45. The van der Waals surface area contributed by atoms with Crippen LogP contribution in [0, 0.1) is 0 Å². The lowest BCUT2D eigenvalue weighted by atomic mass is 10.1. The van der Waals surface area contributed by atoms with Crippen LogP contribution in [0.1, 0.15) is 33.0 Å². The number of hydrogen-bond donors (Lipinski definition) is 1. The fraction of sp³-hybridized carbons (Fsp3) is 0.368. The summed E-state index contributed by atoms with van der Waals surface area (Å²) < 4.78 is 5.75. The number of halogens is 2. The summed E-state index contributed by atoms with van der Waals surface area (Å²) in [6, 6.07) is 8.77. The largest absolute Gasteiger partial charge is 0.477 e. The van der Waals surface area contributed by atoms with E-state index < -0.39 is 5.97 Å². The minimum Gasteiger partial charge on any atom is -0.477 e. The summed E-state index contributed by atoms with van der Waals surface area (Å²) in [6.07, 6.45) is 1.96.